The van der Waals surface area contributed by atoms with Crippen LogP contribution in [0.4, 0.5) is 24.5 Å². The molecule has 0 spiro atoms. The lowest BCUT2D eigenvalue weighted by Crippen LogP contribution is -2.47. The lowest BCUT2D eigenvalue weighted by molar-refractivity contribution is -0.0492. The van der Waals surface area contributed by atoms with Gasteiger partial charge in [-0.15, -0.1) is 0 Å². The highest BCUT2D eigenvalue weighted by atomic mass is 32.2. The molecule has 186 valence electrons. The summed E-state index contributed by atoms with van der Waals surface area (Å²) in [4.78, 5) is 10.5. The van der Waals surface area contributed by atoms with E-state index < -0.39 is 21.6 Å². The number of halogens is 3. The first-order valence-electron chi connectivity index (χ1n) is 11.1. The van der Waals surface area contributed by atoms with Gasteiger partial charge in [-0.1, -0.05) is 42.5 Å². The molecule has 0 fully saturated rings. The van der Waals surface area contributed by atoms with Crippen molar-refractivity contribution in [1.82, 2.24) is 14.3 Å². The predicted octanol–water partition coefficient (Wildman–Crippen LogP) is 4.04. The van der Waals surface area contributed by atoms with Crippen LogP contribution in [0.2, 0.25) is 0 Å². The Bertz CT molecular complexity index is 1270. The maximum Gasteiger partial charge on any atom is 0.511 e. The summed E-state index contributed by atoms with van der Waals surface area (Å²) in [6.45, 7) is 1.26. The fourth-order valence-corrected chi connectivity index (χ4v) is 5.26. The third-order valence-corrected chi connectivity index (χ3v) is 7.71. The largest absolute Gasteiger partial charge is 0.511 e. The average molecular weight is 506 g/mol. The fraction of sp³-hybridized carbons (Fsp3) is 0.333. The van der Waals surface area contributed by atoms with Crippen LogP contribution >= 0.6 is 0 Å². The number of hydrogen-bond donors (Lipinski definition) is 1. The topological polar surface area (TPSA) is 92.4 Å². The van der Waals surface area contributed by atoms with Crippen LogP contribution in [0.25, 0.3) is 0 Å². The molecule has 1 aliphatic rings. The maximum absolute atomic E-state index is 13.6. The molecule has 0 saturated heterocycles. The number of anilines is 2. The quantitative estimate of drug-likeness (QED) is 0.544. The molecular weight excluding hydrogens is 479 g/mol. The third-order valence-electron chi connectivity index (χ3n) is 6.16. The van der Waals surface area contributed by atoms with Crippen LogP contribution in [-0.4, -0.2) is 40.8 Å². The summed E-state index contributed by atoms with van der Waals surface area (Å²) < 4.78 is 66.5. The minimum atomic E-state index is -5.54. The molecule has 2 aromatic carbocycles. The Morgan fingerprint density at radius 3 is 2.40 bits per heavy atom. The minimum Gasteiger partial charge on any atom is -0.396 e. The molecule has 4 rings (SSSR count). The first kappa shape index (κ1) is 24.9. The van der Waals surface area contributed by atoms with Gasteiger partial charge < -0.3 is 10.6 Å². The Hall–Kier alpha value is -3.18. The Balaban J connectivity index is 1.78. The summed E-state index contributed by atoms with van der Waals surface area (Å²) in [6.07, 6.45) is 3.93. The van der Waals surface area contributed by atoms with Crippen LogP contribution in [0, 0.1) is 6.92 Å². The van der Waals surface area contributed by atoms with E-state index in [0.717, 1.165) is 5.56 Å². The Morgan fingerprint density at radius 1 is 1.06 bits per heavy atom. The fourth-order valence-electron chi connectivity index (χ4n) is 4.30. The summed E-state index contributed by atoms with van der Waals surface area (Å²) in [5, 5.41) is 0. The Labute approximate surface area is 202 Å². The van der Waals surface area contributed by atoms with Crippen LogP contribution in [-0.2, 0) is 29.5 Å². The van der Waals surface area contributed by atoms with Crippen molar-refractivity contribution in [2.45, 2.75) is 44.4 Å². The number of nitrogens with two attached hydrogens (primary N) is 1. The van der Waals surface area contributed by atoms with E-state index in [-0.39, 0.29) is 19.6 Å². The van der Waals surface area contributed by atoms with Crippen molar-refractivity contribution in [3.05, 3.63) is 83.4 Å². The van der Waals surface area contributed by atoms with Crippen molar-refractivity contribution >= 4 is 21.4 Å². The van der Waals surface area contributed by atoms with Gasteiger partial charge in [0, 0.05) is 24.8 Å². The second-order valence-corrected chi connectivity index (χ2v) is 10.5. The van der Waals surface area contributed by atoms with Crippen molar-refractivity contribution in [3.63, 3.8) is 0 Å². The van der Waals surface area contributed by atoms with Crippen molar-refractivity contribution in [2.24, 2.45) is 0 Å². The van der Waals surface area contributed by atoms with E-state index in [0.29, 0.717) is 45.5 Å². The van der Waals surface area contributed by atoms with Gasteiger partial charge in [-0.3, -0.25) is 0 Å². The smallest absolute Gasteiger partial charge is 0.396 e. The number of nitrogen functional groups attached to an aromatic ring is 1. The lowest BCUT2D eigenvalue weighted by atomic mass is 10.0. The minimum absolute atomic E-state index is 0.191. The van der Waals surface area contributed by atoms with Crippen LogP contribution in [0.1, 0.15) is 28.9 Å². The zero-order valence-corrected chi connectivity index (χ0v) is 19.9. The zero-order valence-electron chi connectivity index (χ0n) is 19.1. The second-order valence-electron chi connectivity index (χ2n) is 8.55. The summed E-state index contributed by atoms with van der Waals surface area (Å²) in [5.74, 6) is 0.434. The number of nitrogens with zero attached hydrogens (tertiary/aromatic N) is 4. The molecule has 1 aromatic heterocycles. The van der Waals surface area contributed by atoms with Gasteiger partial charge in [0.25, 0.3) is 0 Å². The van der Waals surface area contributed by atoms with Gasteiger partial charge in [0.2, 0.25) is 0 Å². The third kappa shape index (κ3) is 5.40. The molecular formula is C24H26F3N5O2S. The number of hydrogen-bond acceptors (Lipinski definition) is 6. The second kappa shape index (κ2) is 9.82. The molecule has 0 amide bonds. The van der Waals surface area contributed by atoms with Crippen molar-refractivity contribution in [2.75, 3.05) is 17.2 Å². The molecule has 11 heteroatoms. The molecule has 0 aliphatic carbocycles. The van der Waals surface area contributed by atoms with E-state index in [2.05, 4.69) is 9.97 Å². The number of aryl methyl sites for hydroxylation is 2. The number of aromatic nitrogens is 2. The summed E-state index contributed by atoms with van der Waals surface area (Å²) >= 11 is 0. The normalized spacial score (nSPS) is 17.1. The standard InChI is InChI=1S/C24H26F3N5O2S/c1-17-6-5-9-22-21(17)15-31(35(33,34)24(25,26)27)14-20(11-10-18-7-3-2-4-8-18)32(22)16-23-29-12-19(28)13-30-23/h2-9,12-13,20H,10-11,14-16,28H2,1H3/t20-/m0/s1. The molecule has 3 aromatic rings. The molecule has 0 unspecified atom stereocenters. The van der Waals surface area contributed by atoms with E-state index in [1.54, 1.807) is 19.1 Å². The molecule has 35 heavy (non-hydrogen) atoms. The number of sulfonamides is 1. The highest BCUT2D eigenvalue weighted by molar-refractivity contribution is 7.89. The molecule has 0 radical (unpaired) electrons. The van der Waals surface area contributed by atoms with Crippen molar-refractivity contribution < 1.29 is 21.6 Å². The first-order valence-corrected chi connectivity index (χ1v) is 12.5. The van der Waals surface area contributed by atoms with Gasteiger partial charge in [-0.2, -0.15) is 17.5 Å². The predicted molar refractivity (Wildman–Crippen MR) is 128 cm³/mol. The monoisotopic (exact) mass is 505 g/mol. The van der Waals surface area contributed by atoms with Crippen molar-refractivity contribution in [3.8, 4) is 0 Å². The summed E-state index contributed by atoms with van der Waals surface area (Å²) in [6, 6.07) is 14.4. The van der Waals surface area contributed by atoms with E-state index in [9.17, 15) is 21.6 Å². The maximum atomic E-state index is 13.6. The molecule has 1 aliphatic heterocycles. The first-order chi connectivity index (χ1) is 16.6. The molecule has 2 heterocycles. The summed E-state index contributed by atoms with van der Waals surface area (Å²) in [5.41, 5.74) is 3.62. The SMILES string of the molecule is Cc1cccc2c1CN(S(=O)(=O)C(F)(F)F)C[C@H](CCc1ccccc1)N2Cc1ncc(N)cn1. The zero-order chi connectivity index (χ0) is 25.2. The van der Waals surface area contributed by atoms with Crippen LogP contribution in [0.5, 0.6) is 0 Å². The average Bonchev–Trinajstić information content (AvgIpc) is 2.97. The van der Waals surface area contributed by atoms with E-state index in [1.807, 2.05) is 41.3 Å². The van der Waals surface area contributed by atoms with Gasteiger partial charge in [0.1, 0.15) is 5.82 Å². The van der Waals surface area contributed by atoms with Crippen LogP contribution in [0.3, 0.4) is 0 Å². The van der Waals surface area contributed by atoms with Gasteiger partial charge >= 0.3 is 15.5 Å². The molecule has 1 atom stereocenters. The molecule has 0 bridgehead atoms. The summed E-state index contributed by atoms with van der Waals surface area (Å²) in [7, 11) is -5.54. The van der Waals surface area contributed by atoms with Gasteiger partial charge in [0.15, 0.2) is 0 Å². The number of alkyl halides is 3. The van der Waals surface area contributed by atoms with Gasteiger partial charge in [-0.25, -0.2) is 18.4 Å². The van der Waals surface area contributed by atoms with E-state index >= 15 is 0 Å². The number of fused-ring (bicyclic) bond motifs is 1. The Kier molecular flexibility index (Phi) is 7.00. The van der Waals surface area contributed by atoms with E-state index in [4.69, 9.17) is 5.73 Å². The number of benzene rings is 2. The molecule has 2 N–H and O–H groups in total. The molecule has 0 saturated carbocycles. The molecule has 7 nitrogen and oxygen atoms in total. The highest BCUT2D eigenvalue weighted by Gasteiger charge is 2.51. The van der Waals surface area contributed by atoms with Gasteiger partial charge in [-0.05, 0) is 42.5 Å². The van der Waals surface area contributed by atoms with Crippen LogP contribution < -0.4 is 10.6 Å². The highest BCUT2D eigenvalue weighted by Crippen LogP contribution is 2.36. The lowest BCUT2D eigenvalue weighted by Gasteiger charge is -2.34. The van der Waals surface area contributed by atoms with Crippen LogP contribution in [0.15, 0.2) is 60.9 Å². The van der Waals surface area contributed by atoms with Gasteiger partial charge in [0.05, 0.1) is 24.6 Å². The van der Waals surface area contributed by atoms with E-state index in [1.165, 1.54) is 12.4 Å². The Morgan fingerprint density at radius 2 is 1.74 bits per heavy atom. The number of rotatable bonds is 6. The van der Waals surface area contributed by atoms with Crippen molar-refractivity contribution in [1.29, 1.82) is 0 Å².